The molecule has 0 fully saturated rings. The molecule has 3 heterocycles. The maximum Gasteiger partial charge on any atom is 0.417 e. The van der Waals surface area contributed by atoms with Gasteiger partial charge in [-0.25, -0.2) is 9.98 Å². The van der Waals surface area contributed by atoms with Crippen molar-refractivity contribution in [2.24, 2.45) is 10.7 Å². The van der Waals surface area contributed by atoms with Gasteiger partial charge < -0.3 is 20.9 Å². The molecule has 0 bridgehead atoms. The Morgan fingerprint density at radius 1 is 1.27 bits per heavy atom. The van der Waals surface area contributed by atoms with Crippen LogP contribution in [-0.4, -0.2) is 59.4 Å². The second kappa shape index (κ2) is 8.58. The fourth-order valence-electron chi connectivity index (χ4n) is 3.62. The highest BCUT2D eigenvalue weighted by Crippen LogP contribution is 2.39. The smallest absolute Gasteiger partial charge is 0.382 e. The van der Waals surface area contributed by atoms with Crippen molar-refractivity contribution in [3.63, 3.8) is 0 Å². The molecular formula is C21H24F3N7OS. The molecule has 8 nitrogen and oxygen atoms in total. The first kappa shape index (κ1) is 24.4. The largest absolute Gasteiger partial charge is 0.417 e. The predicted octanol–water partition coefficient (Wildman–Crippen LogP) is 3.03. The van der Waals surface area contributed by atoms with Crippen molar-refractivity contribution in [2.45, 2.75) is 25.4 Å². The van der Waals surface area contributed by atoms with Crippen LogP contribution in [-0.2, 0) is 11.6 Å². The van der Waals surface area contributed by atoms with Crippen LogP contribution in [0.2, 0.25) is 0 Å². The lowest BCUT2D eigenvalue weighted by Gasteiger charge is -2.18. The first-order chi connectivity index (χ1) is 15.2. The van der Waals surface area contributed by atoms with Gasteiger partial charge in [-0.15, -0.1) is 0 Å². The van der Waals surface area contributed by atoms with Crippen molar-refractivity contribution in [1.82, 2.24) is 14.9 Å². The summed E-state index contributed by atoms with van der Waals surface area (Å²) in [6, 6.07) is 2.56. The number of halogens is 3. The van der Waals surface area contributed by atoms with E-state index in [4.69, 9.17) is 18.0 Å². The molecule has 0 aromatic carbocycles. The van der Waals surface area contributed by atoms with Gasteiger partial charge in [-0.05, 0) is 29.9 Å². The monoisotopic (exact) mass is 479 g/mol. The molecule has 0 unspecified atom stereocenters. The van der Waals surface area contributed by atoms with Gasteiger partial charge in [-0.3, -0.25) is 9.78 Å². The number of amidine groups is 1. The summed E-state index contributed by atoms with van der Waals surface area (Å²) in [5, 5.41) is 2.43. The van der Waals surface area contributed by atoms with Gasteiger partial charge in [0.25, 0.3) is 5.91 Å². The number of alkyl halides is 3. The molecule has 1 aliphatic rings. The second-order valence-corrected chi connectivity index (χ2v) is 8.96. The number of likely N-dealkylation sites (N-methyl/N-ethyl adjacent to an activating group) is 1. The summed E-state index contributed by atoms with van der Waals surface area (Å²) >= 11 is 5.19. The molecular weight excluding hydrogens is 455 g/mol. The van der Waals surface area contributed by atoms with Gasteiger partial charge in [0.15, 0.2) is 10.9 Å². The summed E-state index contributed by atoms with van der Waals surface area (Å²) < 4.78 is 39.3. The van der Waals surface area contributed by atoms with E-state index in [0.29, 0.717) is 18.0 Å². The van der Waals surface area contributed by atoms with Gasteiger partial charge in [0.05, 0.1) is 23.0 Å². The van der Waals surface area contributed by atoms with E-state index in [1.807, 2.05) is 13.1 Å². The van der Waals surface area contributed by atoms with E-state index in [0.717, 1.165) is 22.7 Å². The van der Waals surface area contributed by atoms with Crippen LogP contribution in [0.3, 0.4) is 0 Å². The van der Waals surface area contributed by atoms with E-state index in [1.165, 1.54) is 14.1 Å². The van der Waals surface area contributed by atoms with E-state index in [9.17, 15) is 18.0 Å². The standard InChI is InChI=1S/C21H24F3N7OS/c1-20(2)10-31(5)15-9-26-14(7-13(15)20)16(25)28-19(33)29-17-12(18(32)30(3)4)6-11(8-27-17)21(22,23)24/h6-9H,10H2,1-5H3,(H3,25,27,28,29,33). The predicted molar refractivity (Wildman–Crippen MR) is 125 cm³/mol. The van der Waals surface area contributed by atoms with Gasteiger partial charge in [-0.1, -0.05) is 13.8 Å². The Bertz CT molecular complexity index is 1150. The molecule has 0 atom stereocenters. The fraction of sp³-hybridized carbons (Fsp3) is 0.381. The number of nitrogens with two attached hydrogens (primary N) is 1. The Morgan fingerprint density at radius 3 is 2.55 bits per heavy atom. The molecule has 3 N–H and O–H groups in total. The summed E-state index contributed by atoms with van der Waals surface area (Å²) in [6.07, 6.45) is -2.33. The number of thiocarbonyl (C=S) groups is 1. The lowest BCUT2D eigenvalue weighted by atomic mass is 9.87. The molecule has 3 rings (SSSR count). The number of carbonyl (C=O) groups is 1. The lowest BCUT2D eigenvalue weighted by molar-refractivity contribution is -0.137. The first-order valence-electron chi connectivity index (χ1n) is 9.87. The normalized spacial score (nSPS) is 15.3. The molecule has 1 amide bonds. The molecule has 176 valence electrons. The third-order valence-corrected chi connectivity index (χ3v) is 5.41. The van der Waals surface area contributed by atoms with Crippen LogP contribution in [0.4, 0.5) is 24.7 Å². The summed E-state index contributed by atoms with van der Waals surface area (Å²) in [7, 11) is 4.81. The molecule has 0 saturated carbocycles. The van der Waals surface area contributed by atoms with E-state index < -0.39 is 17.6 Å². The zero-order valence-corrected chi connectivity index (χ0v) is 19.6. The van der Waals surface area contributed by atoms with E-state index in [-0.39, 0.29) is 27.7 Å². The number of pyridine rings is 2. The van der Waals surface area contributed by atoms with Crippen LogP contribution in [0.1, 0.15) is 41.0 Å². The second-order valence-electron chi connectivity index (χ2n) is 8.57. The molecule has 2 aromatic heterocycles. The highest BCUT2D eigenvalue weighted by molar-refractivity contribution is 7.80. The Balaban J connectivity index is 1.90. The number of fused-ring (bicyclic) bond motifs is 1. The average molecular weight is 480 g/mol. The van der Waals surface area contributed by atoms with Crippen LogP contribution in [0.25, 0.3) is 0 Å². The molecule has 0 saturated heterocycles. The molecule has 0 radical (unpaired) electrons. The van der Waals surface area contributed by atoms with E-state index in [2.05, 4.69) is 39.0 Å². The third kappa shape index (κ3) is 5.05. The number of anilines is 2. The Morgan fingerprint density at radius 2 is 1.94 bits per heavy atom. The van der Waals surface area contributed by atoms with Crippen molar-refractivity contribution in [3.8, 4) is 0 Å². The highest BCUT2D eigenvalue weighted by atomic mass is 32.1. The maximum absolute atomic E-state index is 13.1. The summed E-state index contributed by atoms with van der Waals surface area (Å²) in [5.41, 5.74) is 7.11. The van der Waals surface area contributed by atoms with Gasteiger partial charge in [0.2, 0.25) is 0 Å². The van der Waals surface area contributed by atoms with Crippen molar-refractivity contribution >= 4 is 40.6 Å². The number of carbonyl (C=O) groups excluding carboxylic acids is 1. The Labute approximate surface area is 194 Å². The molecule has 2 aromatic rings. The minimum Gasteiger partial charge on any atom is -0.382 e. The lowest BCUT2D eigenvalue weighted by Crippen LogP contribution is -2.26. The number of hydrogen-bond donors (Lipinski definition) is 2. The molecule has 33 heavy (non-hydrogen) atoms. The van der Waals surface area contributed by atoms with Crippen LogP contribution in [0, 0.1) is 0 Å². The zero-order chi connectivity index (χ0) is 24.7. The third-order valence-electron chi connectivity index (χ3n) is 5.22. The minimum atomic E-state index is -4.66. The van der Waals surface area contributed by atoms with Gasteiger partial charge in [0, 0.05) is 39.3 Å². The van der Waals surface area contributed by atoms with Crippen molar-refractivity contribution < 1.29 is 18.0 Å². The zero-order valence-electron chi connectivity index (χ0n) is 18.8. The number of nitrogens with one attached hydrogen (secondary N) is 1. The average Bonchev–Trinajstić information content (AvgIpc) is 2.94. The maximum atomic E-state index is 13.1. The number of amides is 1. The first-order valence-corrected chi connectivity index (χ1v) is 10.3. The van der Waals surface area contributed by atoms with E-state index in [1.54, 1.807) is 6.20 Å². The minimum absolute atomic E-state index is 0.0213. The molecule has 0 spiro atoms. The molecule has 0 aliphatic carbocycles. The topological polar surface area (TPSA) is 99.7 Å². The summed E-state index contributed by atoms with van der Waals surface area (Å²) in [5.74, 6) is -0.816. The van der Waals surface area contributed by atoms with Crippen molar-refractivity contribution in [1.29, 1.82) is 0 Å². The highest BCUT2D eigenvalue weighted by Gasteiger charge is 2.34. The molecule has 12 heteroatoms. The number of rotatable bonds is 3. The summed E-state index contributed by atoms with van der Waals surface area (Å²) in [4.78, 5) is 27.9. The van der Waals surface area contributed by atoms with Crippen LogP contribution >= 0.6 is 12.2 Å². The quantitative estimate of drug-likeness (QED) is 0.397. The molecule has 1 aliphatic heterocycles. The summed E-state index contributed by atoms with van der Waals surface area (Å²) in [6.45, 7) is 5.04. The van der Waals surface area contributed by atoms with Crippen molar-refractivity contribution in [2.75, 3.05) is 37.9 Å². The number of hydrogen-bond acceptors (Lipinski definition) is 5. The Hall–Kier alpha value is -3.28. The fourth-order valence-corrected chi connectivity index (χ4v) is 3.81. The van der Waals surface area contributed by atoms with Crippen molar-refractivity contribution in [3.05, 3.63) is 46.9 Å². The SMILES string of the molecule is CN(C)C(=O)c1cc(C(F)(F)F)cnc1NC(=S)/N=C(\N)c1cc2c(cn1)N(C)CC2(C)C. The Kier molecular flexibility index (Phi) is 6.33. The van der Waals surface area contributed by atoms with E-state index >= 15 is 0 Å². The van der Waals surface area contributed by atoms with Gasteiger partial charge in [-0.2, -0.15) is 13.2 Å². The van der Waals surface area contributed by atoms with Crippen LogP contribution in [0.5, 0.6) is 0 Å². The number of aromatic nitrogens is 2. The number of nitrogens with zero attached hydrogens (tertiary/aromatic N) is 5. The number of aliphatic imine (C=N–C) groups is 1. The van der Waals surface area contributed by atoms with Crippen LogP contribution < -0.4 is 16.0 Å². The van der Waals surface area contributed by atoms with Gasteiger partial charge >= 0.3 is 6.18 Å². The van der Waals surface area contributed by atoms with Crippen LogP contribution in [0.15, 0.2) is 29.5 Å². The van der Waals surface area contributed by atoms with Gasteiger partial charge in [0.1, 0.15) is 11.5 Å².